The third-order valence-electron chi connectivity index (χ3n) is 7.40. The lowest BCUT2D eigenvalue weighted by Crippen LogP contribution is -2.57. The van der Waals surface area contributed by atoms with Gasteiger partial charge in [-0.15, -0.1) is 0 Å². The molecule has 1 atom stereocenters. The van der Waals surface area contributed by atoms with E-state index in [0.29, 0.717) is 32.0 Å². The lowest BCUT2D eigenvalue weighted by Gasteiger charge is -2.42. The van der Waals surface area contributed by atoms with E-state index in [-0.39, 0.29) is 31.4 Å². The van der Waals surface area contributed by atoms with Crippen LogP contribution in [0.4, 0.5) is 5.69 Å². The summed E-state index contributed by atoms with van der Waals surface area (Å²) in [5.74, 6) is 0.0734. The molecular formula is C28H36N4O4S. The molecule has 8 nitrogen and oxygen atoms in total. The van der Waals surface area contributed by atoms with E-state index in [1.165, 1.54) is 9.71 Å². The van der Waals surface area contributed by atoms with Gasteiger partial charge >= 0.3 is 0 Å². The van der Waals surface area contributed by atoms with E-state index in [1.807, 2.05) is 65.6 Å². The lowest BCUT2D eigenvalue weighted by molar-refractivity contribution is -0.137. The minimum atomic E-state index is -3.63. The van der Waals surface area contributed by atoms with Crippen molar-refractivity contribution < 1.29 is 18.0 Å². The Hall–Kier alpha value is -3.17. The van der Waals surface area contributed by atoms with Gasteiger partial charge in [-0.1, -0.05) is 68.8 Å². The normalized spacial score (nSPS) is 19.0. The molecule has 2 fully saturated rings. The van der Waals surface area contributed by atoms with Crippen molar-refractivity contribution in [2.45, 2.75) is 38.6 Å². The molecule has 0 aromatic heterocycles. The SMILES string of the molecule is CCC(C)CNC(=O)CN1CN(c2ccccc2)C2(CCN(S(=O)(=O)/C=C/c3ccccc3)CC2)C1=O. The van der Waals surface area contributed by atoms with Crippen molar-refractivity contribution >= 4 is 33.6 Å². The van der Waals surface area contributed by atoms with Gasteiger partial charge in [0.15, 0.2) is 0 Å². The van der Waals surface area contributed by atoms with Gasteiger partial charge in [-0.25, -0.2) is 8.42 Å². The summed E-state index contributed by atoms with van der Waals surface area (Å²) in [6.07, 6.45) is 3.26. The first-order valence-electron chi connectivity index (χ1n) is 12.9. The number of hydrogen-bond donors (Lipinski definition) is 1. The average Bonchev–Trinajstić information content (AvgIpc) is 3.18. The number of carbonyl (C=O) groups is 2. The van der Waals surface area contributed by atoms with Crippen LogP contribution in [-0.4, -0.2) is 67.8 Å². The monoisotopic (exact) mass is 524 g/mol. The Morgan fingerprint density at radius 1 is 1.05 bits per heavy atom. The van der Waals surface area contributed by atoms with Crippen LogP contribution in [0.2, 0.25) is 0 Å². The van der Waals surface area contributed by atoms with Gasteiger partial charge in [0.1, 0.15) is 12.1 Å². The highest BCUT2D eigenvalue weighted by Crippen LogP contribution is 2.40. The zero-order chi connectivity index (χ0) is 26.5. The third-order valence-corrected chi connectivity index (χ3v) is 8.97. The number of piperidine rings is 1. The second kappa shape index (κ2) is 11.5. The summed E-state index contributed by atoms with van der Waals surface area (Å²) in [6, 6.07) is 19.0. The summed E-state index contributed by atoms with van der Waals surface area (Å²) in [5.41, 5.74) is 0.815. The van der Waals surface area contributed by atoms with Gasteiger partial charge in [0.05, 0.1) is 6.67 Å². The van der Waals surface area contributed by atoms with Crippen LogP contribution >= 0.6 is 0 Å². The van der Waals surface area contributed by atoms with Crippen LogP contribution in [0.5, 0.6) is 0 Å². The van der Waals surface area contributed by atoms with Gasteiger partial charge in [0.25, 0.3) is 0 Å². The van der Waals surface area contributed by atoms with Crippen molar-refractivity contribution in [1.82, 2.24) is 14.5 Å². The predicted octanol–water partition coefficient (Wildman–Crippen LogP) is 3.29. The van der Waals surface area contributed by atoms with Crippen molar-refractivity contribution in [3.8, 4) is 0 Å². The Kier molecular flexibility index (Phi) is 8.34. The van der Waals surface area contributed by atoms with Crippen molar-refractivity contribution in [2.24, 2.45) is 5.92 Å². The summed E-state index contributed by atoms with van der Waals surface area (Å²) in [5, 5.41) is 4.17. The number of sulfonamides is 1. The molecule has 2 aliphatic heterocycles. The minimum Gasteiger partial charge on any atom is -0.354 e. The van der Waals surface area contributed by atoms with Gasteiger partial charge in [-0.05, 0) is 42.5 Å². The fraction of sp³-hybridized carbons (Fsp3) is 0.429. The van der Waals surface area contributed by atoms with Gasteiger partial charge in [-0.3, -0.25) is 9.59 Å². The van der Waals surface area contributed by atoms with Crippen molar-refractivity contribution in [2.75, 3.05) is 37.7 Å². The molecule has 0 saturated carbocycles. The molecule has 2 saturated heterocycles. The van der Waals surface area contributed by atoms with E-state index in [9.17, 15) is 18.0 Å². The molecule has 1 unspecified atom stereocenters. The Labute approximate surface area is 220 Å². The summed E-state index contributed by atoms with van der Waals surface area (Å²) in [6.45, 7) is 5.46. The highest BCUT2D eigenvalue weighted by Gasteiger charge is 2.54. The Balaban J connectivity index is 1.50. The Bertz CT molecular complexity index is 1210. The quantitative estimate of drug-likeness (QED) is 0.544. The highest BCUT2D eigenvalue weighted by molar-refractivity contribution is 7.92. The number of rotatable bonds is 9. The standard InChI is InChI=1S/C28H36N4O4S/c1-3-23(2)20-29-26(33)21-30-22-32(25-12-8-5-9-13-25)28(27(30)34)15-17-31(18-16-28)37(35,36)19-14-24-10-6-4-7-11-24/h4-14,19,23H,3,15-18,20-22H2,1-2H3,(H,29,33)/b19-14+. The van der Waals surface area contributed by atoms with E-state index in [2.05, 4.69) is 19.2 Å². The molecule has 2 aromatic rings. The number of nitrogens with zero attached hydrogens (tertiary/aromatic N) is 3. The van der Waals surface area contributed by atoms with Gasteiger partial charge in [-0.2, -0.15) is 4.31 Å². The van der Waals surface area contributed by atoms with Crippen LogP contribution in [0, 0.1) is 5.92 Å². The molecular weight excluding hydrogens is 488 g/mol. The molecule has 4 rings (SSSR count). The number of anilines is 1. The maximum Gasteiger partial charge on any atom is 0.250 e. The number of hydrogen-bond acceptors (Lipinski definition) is 5. The molecule has 37 heavy (non-hydrogen) atoms. The highest BCUT2D eigenvalue weighted by atomic mass is 32.2. The topological polar surface area (TPSA) is 90.0 Å². The second-order valence-corrected chi connectivity index (χ2v) is 11.7. The average molecular weight is 525 g/mol. The van der Waals surface area contributed by atoms with Crippen molar-refractivity contribution in [3.63, 3.8) is 0 Å². The molecule has 198 valence electrons. The first-order valence-corrected chi connectivity index (χ1v) is 14.4. The fourth-order valence-corrected chi connectivity index (χ4v) is 6.10. The summed E-state index contributed by atoms with van der Waals surface area (Å²) in [7, 11) is -3.63. The van der Waals surface area contributed by atoms with E-state index in [0.717, 1.165) is 17.7 Å². The Morgan fingerprint density at radius 3 is 2.30 bits per heavy atom. The first kappa shape index (κ1) is 26.9. The Morgan fingerprint density at radius 2 is 1.68 bits per heavy atom. The van der Waals surface area contributed by atoms with Gasteiger partial charge in [0.2, 0.25) is 21.8 Å². The second-order valence-electron chi connectivity index (χ2n) is 9.91. The number of nitrogens with one attached hydrogen (secondary N) is 1. The minimum absolute atomic E-state index is 0.0117. The maximum absolute atomic E-state index is 13.8. The van der Waals surface area contributed by atoms with Crippen LogP contribution < -0.4 is 10.2 Å². The van der Waals surface area contributed by atoms with Crippen LogP contribution in [0.15, 0.2) is 66.1 Å². The van der Waals surface area contributed by atoms with E-state index in [1.54, 1.807) is 11.0 Å². The molecule has 9 heteroatoms. The number of benzene rings is 2. The molecule has 2 aromatic carbocycles. The van der Waals surface area contributed by atoms with Crippen LogP contribution in [0.1, 0.15) is 38.7 Å². The molecule has 1 N–H and O–H groups in total. The van der Waals surface area contributed by atoms with Crippen molar-refractivity contribution in [1.29, 1.82) is 0 Å². The smallest absolute Gasteiger partial charge is 0.250 e. The predicted molar refractivity (Wildman–Crippen MR) is 146 cm³/mol. The molecule has 0 radical (unpaired) electrons. The van der Waals surface area contributed by atoms with E-state index >= 15 is 0 Å². The lowest BCUT2D eigenvalue weighted by atomic mass is 9.86. The fourth-order valence-electron chi connectivity index (χ4n) is 4.91. The van der Waals surface area contributed by atoms with Crippen molar-refractivity contribution in [3.05, 3.63) is 71.6 Å². The summed E-state index contributed by atoms with van der Waals surface area (Å²) in [4.78, 5) is 30.1. The molecule has 2 amide bonds. The number of para-hydroxylation sites is 1. The van der Waals surface area contributed by atoms with Crippen LogP contribution in [0.3, 0.4) is 0 Å². The zero-order valence-corrected chi connectivity index (χ0v) is 22.4. The summed E-state index contributed by atoms with van der Waals surface area (Å²) >= 11 is 0. The molecule has 2 aliphatic rings. The molecule has 2 heterocycles. The zero-order valence-electron chi connectivity index (χ0n) is 21.5. The molecule has 1 spiro atoms. The van der Waals surface area contributed by atoms with Gasteiger partial charge < -0.3 is 15.1 Å². The van der Waals surface area contributed by atoms with E-state index < -0.39 is 15.6 Å². The summed E-state index contributed by atoms with van der Waals surface area (Å²) < 4.78 is 27.5. The largest absolute Gasteiger partial charge is 0.354 e. The number of carbonyl (C=O) groups excluding carboxylic acids is 2. The molecule has 0 aliphatic carbocycles. The van der Waals surface area contributed by atoms with E-state index in [4.69, 9.17) is 0 Å². The van der Waals surface area contributed by atoms with Crippen LogP contribution in [-0.2, 0) is 19.6 Å². The number of amides is 2. The van der Waals surface area contributed by atoms with Gasteiger partial charge in [0, 0.05) is 30.7 Å². The third kappa shape index (κ3) is 6.05. The van der Waals surface area contributed by atoms with Crippen LogP contribution in [0.25, 0.3) is 6.08 Å². The maximum atomic E-state index is 13.8. The first-order chi connectivity index (χ1) is 17.7. The molecule has 0 bridgehead atoms.